The van der Waals surface area contributed by atoms with Crippen molar-refractivity contribution in [3.8, 4) is 5.69 Å². The van der Waals surface area contributed by atoms with Crippen molar-refractivity contribution in [1.82, 2.24) is 20.3 Å². The average Bonchev–Trinajstić information content (AvgIpc) is 2.81. The maximum Gasteiger partial charge on any atom is 0.0969 e. The molecule has 0 saturated heterocycles. The van der Waals surface area contributed by atoms with Crippen molar-refractivity contribution in [1.29, 1.82) is 0 Å². The van der Waals surface area contributed by atoms with E-state index in [1.165, 1.54) is 0 Å². The van der Waals surface area contributed by atoms with Crippen LogP contribution < -0.4 is 5.32 Å². The molecule has 0 fully saturated rings. The number of hydrogen-bond acceptors (Lipinski definition) is 3. The van der Waals surface area contributed by atoms with Crippen LogP contribution in [-0.4, -0.2) is 21.5 Å². The molecule has 2 aromatic rings. The minimum atomic E-state index is 0.496. The van der Waals surface area contributed by atoms with Crippen molar-refractivity contribution in [3.63, 3.8) is 0 Å². The molecule has 1 N–H and O–H groups in total. The van der Waals surface area contributed by atoms with E-state index >= 15 is 0 Å². The lowest BCUT2D eigenvalue weighted by molar-refractivity contribution is 0.546. The summed E-state index contributed by atoms with van der Waals surface area (Å²) in [5, 5.41) is 13.0. The number of nitrogens with one attached hydrogen (secondary N) is 1. The van der Waals surface area contributed by atoms with Gasteiger partial charge in [0, 0.05) is 6.54 Å². The van der Waals surface area contributed by atoms with E-state index in [1.54, 1.807) is 23.1 Å². The van der Waals surface area contributed by atoms with E-state index in [0.717, 1.165) is 17.9 Å². The van der Waals surface area contributed by atoms with Crippen molar-refractivity contribution in [2.45, 2.75) is 20.4 Å². The van der Waals surface area contributed by atoms with Crippen LogP contribution in [0.5, 0.6) is 0 Å². The fourth-order valence-corrected chi connectivity index (χ4v) is 1.89. The van der Waals surface area contributed by atoms with E-state index in [-0.39, 0.29) is 0 Å². The van der Waals surface area contributed by atoms with Gasteiger partial charge in [-0.1, -0.05) is 37.0 Å². The lowest BCUT2D eigenvalue weighted by Gasteiger charge is -2.04. The Morgan fingerprint density at radius 3 is 2.74 bits per heavy atom. The van der Waals surface area contributed by atoms with Crippen LogP contribution >= 0.6 is 23.2 Å². The van der Waals surface area contributed by atoms with E-state index < -0.39 is 0 Å². The normalized spacial score (nSPS) is 11.2. The molecule has 19 heavy (non-hydrogen) atoms. The van der Waals surface area contributed by atoms with Gasteiger partial charge in [-0.25, -0.2) is 0 Å². The summed E-state index contributed by atoms with van der Waals surface area (Å²) >= 11 is 11.9. The Bertz CT molecular complexity index is 551. The summed E-state index contributed by atoms with van der Waals surface area (Å²) in [4.78, 5) is 1.55. The van der Waals surface area contributed by atoms with Crippen LogP contribution in [0.1, 0.15) is 19.5 Å². The number of benzene rings is 1. The predicted molar refractivity (Wildman–Crippen MR) is 77.9 cm³/mol. The molecule has 0 bridgehead atoms. The summed E-state index contributed by atoms with van der Waals surface area (Å²) in [5.41, 5.74) is 1.69. The zero-order valence-electron chi connectivity index (χ0n) is 10.9. The highest BCUT2D eigenvalue weighted by Gasteiger charge is 2.05. The topological polar surface area (TPSA) is 42.7 Å². The third-order valence-corrected chi connectivity index (χ3v) is 3.27. The number of hydrogen-bond donors (Lipinski definition) is 1. The molecule has 0 aliphatic rings. The van der Waals surface area contributed by atoms with Gasteiger partial charge in [-0.15, -0.1) is 0 Å². The van der Waals surface area contributed by atoms with Crippen LogP contribution in [0.15, 0.2) is 24.4 Å². The lowest BCUT2D eigenvalue weighted by atomic mass is 10.2. The summed E-state index contributed by atoms with van der Waals surface area (Å²) in [7, 11) is 0. The largest absolute Gasteiger partial charge is 0.311 e. The highest BCUT2D eigenvalue weighted by atomic mass is 35.5. The highest BCUT2D eigenvalue weighted by molar-refractivity contribution is 6.42. The van der Waals surface area contributed by atoms with Crippen LogP contribution in [0.4, 0.5) is 0 Å². The van der Waals surface area contributed by atoms with Gasteiger partial charge in [0.25, 0.3) is 0 Å². The molecule has 4 nitrogen and oxygen atoms in total. The Kier molecular flexibility index (Phi) is 4.80. The molecular formula is C13H16Cl2N4. The second-order valence-corrected chi connectivity index (χ2v) is 5.56. The number of nitrogens with zero attached hydrogens (tertiary/aromatic N) is 3. The SMILES string of the molecule is CC(C)CNCc1cnn(-c2ccc(Cl)c(Cl)c2)n1. The van der Waals surface area contributed by atoms with E-state index in [0.29, 0.717) is 22.5 Å². The highest BCUT2D eigenvalue weighted by Crippen LogP contribution is 2.23. The third-order valence-electron chi connectivity index (χ3n) is 2.53. The van der Waals surface area contributed by atoms with Gasteiger partial charge in [-0.3, -0.25) is 0 Å². The van der Waals surface area contributed by atoms with Gasteiger partial charge < -0.3 is 5.32 Å². The number of aromatic nitrogens is 3. The molecule has 1 heterocycles. The minimum absolute atomic E-state index is 0.496. The first kappa shape index (κ1) is 14.3. The Labute approximate surface area is 122 Å². The van der Waals surface area contributed by atoms with Gasteiger partial charge >= 0.3 is 0 Å². The van der Waals surface area contributed by atoms with E-state index in [4.69, 9.17) is 23.2 Å². The lowest BCUT2D eigenvalue weighted by Crippen LogP contribution is -2.19. The van der Waals surface area contributed by atoms with Gasteiger partial charge in [0.1, 0.15) is 0 Å². The first-order valence-electron chi connectivity index (χ1n) is 6.13. The monoisotopic (exact) mass is 298 g/mol. The maximum absolute atomic E-state index is 5.98. The Balaban J connectivity index is 2.05. The summed E-state index contributed by atoms with van der Waals surface area (Å²) in [6.45, 7) is 6.00. The fraction of sp³-hybridized carbons (Fsp3) is 0.385. The molecule has 0 unspecified atom stereocenters. The first-order chi connectivity index (χ1) is 9.06. The van der Waals surface area contributed by atoms with Crippen LogP contribution in [0, 0.1) is 5.92 Å². The summed E-state index contributed by atoms with van der Waals surface area (Å²) in [6, 6.07) is 5.31. The molecule has 1 aromatic carbocycles. The second kappa shape index (κ2) is 6.37. The summed E-state index contributed by atoms with van der Waals surface area (Å²) < 4.78 is 0. The van der Waals surface area contributed by atoms with Gasteiger partial charge in [-0.05, 0) is 30.7 Å². The van der Waals surface area contributed by atoms with Crippen LogP contribution in [0.25, 0.3) is 5.69 Å². The predicted octanol–water partition coefficient (Wildman–Crippen LogP) is 3.32. The van der Waals surface area contributed by atoms with E-state index in [9.17, 15) is 0 Å². The van der Waals surface area contributed by atoms with E-state index in [2.05, 4.69) is 29.4 Å². The first-order valence-corrected chi connectivity index (χ1v) is 6.89. The van der Waals surface area contributed by atoms with Crippen molar-refractivity contribution < 1.29 is 0 Å². The zero-order valence-corrected chi connectivity index (χ0v) is 12.4. The molecule has 6 heteroatoms. The Morgan fingerprint density at radius 2 is 2.05 bits per heavy atom. The Morgan fingerprint density at radius 1 is 1.26 bits per heavy atom. The molecule has 0 aliphatic carbocycles. The van der Waals surface area contributed by atoms with Crippen molar-refractivity contribution in [3.05, 3.63) is 40.1 Å². The summed E-state index contributed by atoms with van der Waals surface area (Å²) in [6.07, 6.45) is 1.75. The molecule has 1 aromatic heterocycles. The second-order valence-electron chi connectivity index (χ2n) is 4.75. The number of halogens is 2. The molecular weight excluding hydrogens is 283 g/mol. The fourth-order valence-electron chi connectivity index (χ4n) is 1.60. The molecule has 0 atom stereocenters. The van der Waals surface area contributed by atoms with Crippen molar-refractivity contribution in [2.75, 3.05) is 6.54 Å². The van der Waals surface area contributed by atoms with Gasteiger partial charge in [-0.2, -0.15) is 15.0 Å². The van der Waals surface area contributed by atoms with Crippen molar-refractivity contribution >= 4 is 23.2 Å². The molecule has 2 rings (SSSR count). The molecule has 0 aliphatic heterocycles. The molecule has 0 amide bonds. The average molecular weight is 299 g/mol. The van der Waals surface area contributed by atoms with Gasteiger partial charge in [0.15, 0.2) is 0 Å². The standard InChI is InChI=1S/C13H16Cl2N4/c1-9(2)6-16-7-10-8-17-19(18-10)11-3-4-12(14)13(15)5-11/h3-5,8-9,16H,6-7H2,1-2H3. The minimum Gasteiger partial charge on any atom is -0.311 e. The van der Waals surface area contributed by atoms with Gasteiger partial charge in [0.05, 0.1) is 27.6 Å². The van der Waals surface area contributed by atoms with Gasteiger partial charge in [0.2, 0.25) is 0 Å². The zero-order chi connectivity index (χ0) is 13.8. The quantitative estimate of drug-likeness (QED) is 0.921. The number of rotatable bonds is 5. The van der Waals surface area contributed by atoms with Crippen LogP contribution in [0.3, 0.4) is 0 Å². The van der Waals surface area contributed by atoms with Crippen LogP contribution in [-0.2, 0) is 6.54 Å². The molecule has 0 spiro atoms. The van der Waals surface area contributed by atoms with Crippen LogP contribution in [0.2, 0.25) is 10.0 Å². The third kappa shape index (κ3) is 3.93. The smallest absolute Gasteiger partial charge is 0.0969 e. The Hall–Kier alpha value is -1.10. The van der Waals surface area contributed by atoms with Crippen molar-refractivity contribution in [2.24, 2.45) is 5.92 Å². The molecule has 102 valence electrons. The van der Waals surface area contributed by atoms with E-state index in [1.807, 2.05) is 6.07 Å². The molecule has 0 saturated carbocycles. The summed E-state index contributed by atoms with van der Waals surface area (Å²) in [5.74, 6) is 0.616. The maximum atomic E-state index is 5.98. The molecule has 0 radical (unpaired) electrons.